The summed E-state index contributed by atoms with van der Waals surface area (Å²) < 4.78 is 9.76. The zero-order valence-electron chi connectivity index (χ0n) is 8.85. The van der Waals surface area contributed by atoms with Crippen LogP contribution in [0, 0.1) is 0 Å². The van der Waals surface area contributed by atoms with Crippen LogP contribution in [0.2, 0.25) is 0 Å². The lowest BCUT2D eigenvalue weighted by atomic mass is 10.0. The number of alkyl carbamates (subject to hydrolysis) is 1. The normalized spacial score (nSPS) is 24.5. The fraction of sp³-hybridized carbons (Fsp3) is 0.600. The number of amides is 1. The van der Waals surface area contributed by atoms with E-state index in [0.717, 1.165) is 0 Å². The number of hydrogen-bond acceptors (Lipinski definition) is 4. The molecule has 0 unspecified atom stereocenters. The minimum absolute atomic E-state index is 0.136. The van der Waals surface area contributed by atoms with E-state index in [2.05, 4.69) is 11.9 Å². The zero-order chi connectivity index (χ0) is 12.0. The standard InChI is InChI=1S/C10H15NO5/c1-2-4-16-10(14)11-7-3-5-15-8(6-7)9(12)13/h2,7-8H,1,3-6H2,(H,11,14)(H,12,13)/t7-,8-/m0/s1. The molecule has 1 aliphatic rings. The molecule has 2 atom stereocenters. The molecule has 6 nitrogen and oxygen atoms in total. The Morgan fingerprint density at radius 1 is 1.62 bits per heavy atom. The van der Waals surface area contributed by atoms with Crippen molar-refractivity contribution in [1.29, 1.82) is 0 Å². The molecule has 16 heavy (non-hydrogen) atoms. The van der Waals surface area contributed by atoms with Gasteiger partial charge < -0.3 is 19.9 Å². The number of carbonyl (C=O) groups is 2. The van der Waals surface area contributed by atoms with Crippen molar-refractivity contribution in [3.8, 4) is 0 Å². The molecular formula is C10H15NO5. The van der Waals surface area contributed by atoms with Crippen molar-refractivity contribution in [2.24, 2.45) is 0 Å². The van der Waals surface area contributed by atoms with Gasteiger partial charge in [0.05, 0.1) is 0 Å². The first-order valence-corrected chi connectivity index (χ1v) is 5.02. The van der Waals surface area contributed by atoms with Crippen molar-refractivity contribution in [2.75, 3.05) is 13.2 Å². The SMILES string of the molecule is C=CCOC(=O)N[C@H]1CCO[C@H](C(=O)O)C1. The number of rotatable bonds is 4. The van der Waals surface area contributed by atoms with Crippen molar-refractivity contribution in [3.05, 3.63) is 12.7 Å². The van der Waals surface area contributed by atoms with Gasteiger partial charge in [0.2, 0.25) is 0 Å². The summed E-state index contributed by atoms with van der Waals surface area (Å²) in [6.07, 6.45) is 0.907. The minimum Gasteiger partial charge on any atom is -0.479 e. The van der Waals surface area contributed by atoms with E-state index in [4.69, 9.17) is 14.6 Å². The predicted octanol–water partition coefficient (Wildman–Crippen LogP) is 0.531. The molecule has 0 aromatic heterocycles. The molecule has 1 fully saturated rings. The fourth-order valence-corrected chi connectivity index (χ4v) is 1.44. The predicted molar refractivity (Wildman–Crippen MR) is 55.1 cm³/mol. The van der Waals surface area contributed by atoms with Gasteiger partial charge in [-0.1, -0.05) is 12.7 Å². The molecule has 0 aromatic rings. The molecule has 1 rings (SSSR count). The van der Waals surface area contributed by atoms with Gasteiger partial charge in [0.1, 0.15) is 6.61 Å². The van der Waals surface area contributed by atoms with Crippen LogP contribution in [0.5, 0.6) is 0 Å². The highest BCUT2D eigenvalue weighted by Gasteiger charge is 2.28. The van der Waals surface area contributed by atoms with Gasteiger partial charge in [-0.15, -0.1) is 0 Å². The van der Waals surface area contributed by atoms with Gasteiger partial charge in [-0.05, 0) is 6.42 Å². The van der Waals surface area contributed by atoms with E-state index in [1.807, 2.05) is 0 Å². The average Bonchev–Trinajstić information content (AvgIpc) is 2.26. The van der Waals surface area contributed by atoms with Gasteiger partial charge in [0, 0.05) is 19.1 Å². The van der Waals surface area contributed by atoms with Crippen molar-refractivity contribution >= 4 is 12.1 Å². The highest BCUT2D eigenvalue weighted by molar-refractivity contribution is 5.73. The van der Waals surface area contributed by atoms with Crippen LogP contribution >= 0.6 is 0 Å². The lowest BCUT2D eigenvalue weighted by molar-refractivity contribution is -0.153. The number of carbonyl (C=O) groups excluding carboxylic acids is 1. The third-order valence-corrected chi connectivity index (χ3v) is 2.21. The first-order valence-electron chi connectivity index (χ1n) is 5.02. The van der Waals surface area contributed by atoms with E-state index in [1.54, 1.807) is 0 Å². The molecular weight excluding hydrogens is 214 g/mol. The van der Waals surface area contributed by atoms with Gasteiger partial charge in [-0.3, -0.25) is 0 Å². The quantitative estimate of drug-likeness (QED) is 0.687. The number of hydrogen-bond donors (Lipinski definition) is 2. The summed E-state index contributed by atoms with van der Waals surface area (Å²) in [7, 11) is 0. The van der Waals surface area contributed by atoms with Crippen LogP contribution in [0.15, 0.2) is 12.7 Å². The summed E-state index contributed by atoms with van der Waals surface area (Å²) in [4.78, 5) is 21.9. The monoisotopic (exact) mass is 229 g/mol. The lowest BCUT2D eigenvalue weighted by Crippen LogP contribution is -2.44. The van der Waals surface area contributed by atoms with Crippen molar-refractivity contribution in [1.82, 2.24) is 5.32 Å². The van der Waals surface area contributed by atoms with Crippen molar-refractivity contribution in [2.45, 2.75) is 25.0 Å². The second kappa shape index (κ2) is 6.12. The summed E-state index contributed by atoms with van der Waals surface area (Å²) in [5.74, 6) is -1.01. The summed E-state index contributed by atoms with van der Waals surface area (Å²) in [5, 5.41) is 11.3. The maximum absolute atomic E-state index is 11.2. The molecule has 1 saturated heterocycles. The Kier molecular flexibility index (Phi) is 4.78. The molecule has 1 heterocycles. The topological polar surface area (TPSA) is 84.9 Å². The molecule has 90 valence electrons. The van der Waals surface area contributed by atoms with Crippen molar-refractivity contribution < 1.29 is 24.2 Å². The summed E-state index contributed by atoms with van der Waals surface area (Å²) in [6, 6.07) is -0.216. The van der Waals surface area contributed by atoms with E-state index in [0.29, 0.717) is 13.0 Å². The van der Waals surface area contributed by atoms with Crippen molar-refractivity contribution in [3.63, 3.8) is 0 Å². The summed E-state index contributed by atoms with van der Waals surface area (Å²) in [5.41, 5.74) is 0. The number of ether oxygens (including phenoxy) is 2. The van der Waals surface area contributed by atoms with E-state index >= 15 is 0 Å². The summed E-state index contributed by atoms with van der Waals surface area (Å²) in [6.45, 7) is 3.87. The van der Waals surface area contributed by atoms with E-state index in [1.165, 1.54) is 6.08 Å². The molecule has 2 N–H and O–H groups in total. The molecule has 0 bridgehead atoms. The number of aliphatic carboxylic acids is 1. The van der Waals surface area contributed by atoms with Gasteiger partial charge in [-0.2, -0.15) is 0 Å². The smallest absolute Gasteiger partial charge is 0.407 e. The van der Waals surface area contributed by atoms with Gasteiger partial charge in [0.25, 0.3) is 0 Å². The second-order valence-electron chi connectivity index (χ2n) is 3.45. The van der Waals surface area contributed by atoms with Crippen LogP contribution in [-0.2, 0) is 14.3 Å². The van der Waals surface area contributed by atoms with Crippen LogP contribution < -0.4 is 5.32 Å². The Morgan fingerprint density at radius 2 is 2.38 bits per heavy atom. The van der Waals surface area contributed by atoms with E-state index < -0.39 is 18.2 Å². The molecule has 0 saturated carbocycles. The highest BCUT2D eigenvalue weighted by atomic mass is 16.5. The van der Waals surface area contributed by atoms with Crippen LogP contribution in [0.4, 0.5) is 4.79 Å². The molecule has 1 amide bonds. The minimum atomic E-state index is -1.01. The van der Waals surface area contributed by atoms with E-state index in [9.17, 15) is 9.59 Å². The van der Waals surface area contributed by atoms with Gasteiger partial charge in [0.15, 0.2) is 6.10 Å². The Balaban J connectivity index is 2.33. The van der Waals surface area contributed by atoms with Gasteiger partial charge in [-0.25, -0.2) is 9.59 Å². The third-order valence-electron chi connectivity index (χ3n) is 2.21. The average molecular weight is 229 g/mol. The van der Waals surface area contributed by atoms with Gasteiger partial charge >= 0.3 is 12.1 Å². The number of nitrogens with one attached hydrogen (secondary N) is 1. The third kappa shape index (κ3) is 3.90. The Morgan fingerprint density at radius 3 is 3.00 bits per heavy atom. The molecule has 0 spiro atoms. The summed E-state index contributed by atoms with van der Waals surface area (Å²) >= 11 is 0. The zero-order valence-corrected chi connectivity index (χ0v) is 8.85. The molecule has 0 aromatic carbocycles. The highest BCUT2D eigenvalue weighted by Crippen LogP contribution is 2.14. The van der Waals surface area contributed by atoms with Crippen LogP contribution in [0.3, 0.4) is 0 Å². The first kappa shape index (κ1) is 12.5. The fourth-order valence-electron chi connectivity index (χ4n) is 1.44. The Hall–Kier alpha value is -1.56. The lowest BCUT2D eigenvalue weighted by Gasteiger charge is -2.27. The Bertz CT molecular complexity index is 278. The maximum Gasteiger partial charge on any atom is 0.407 e. The number of carboxylic acids is 1. The molecule has 0 aliphatic carbocycles. The molecule has 1 aliphatic heterocycles. The number of carboxylic acid groups (broad SMARTS) is 1. The van der Waals surface area contributed by atoms with Crippen LogP contribution in [0.1, 0.15) is 12.8 Å². The largest absolute Gasteiger partial charge is 0.479 e. The van der Waals surface area contributed by atoms with E-state index in [-0.39, 0.29) is 19.1 Å². The maximum atomic E-state index is 11.2. The molecule has 0 radical (unpaired) electrons. The first-order chi connectivity index (χ1) is 7.63. The van der Waals surface area contributed by atoms with Crippen LogP contribution in [0.25, 0.3) is 0 Å². The Labute approximate surface area is 93.2 Å². The van der Waals surface area contributed by atoms with Crippen LogP contribution in [-0.4, -0.2) is 42.5 Å². The second-order valence-corrected chi connectivity index (χ2v) is 3.45. The molecule has 6 heteroatoms.